The number of aromatic nitrogens is 1. The first-order chi connectivity index (χ1) is 9.06. The molecule has 0 saturated heterocycles. The summed E-state index contributed by atoms with van der Waals surface area (Å²) in [5, 5.41) is 6.36. The van der Waals surface area contributed by atoms with E-state index < -0.39 is 0 Å². The molecule has 0 bridgehead atoms. The summed E-state index contributed by atoms with van der Waals surface area (Å²) >= 11 is 0. The van der Waals surface area contributed by atoms with Crippen LogP contribution in [0.1, 0.15) is 57.3 Å². The van der Waals surface area contributed by atoms with E-state index in [4.69, 9.17) is 0 Å². The van der Waals surface area contributed by atoms with Gasteiger partial charge in [0.2, 0.25) is 0 Å². The first kappa shape index (κ1) is 15.5. The quantitative estimate of drug-likeness (QED) is 0.794. The van der Waals surface area contributed by atoms with Crippen molar-refractivity contribution in [2.75, 3.05) is 11.9 Å². The highest BCUT2D eigenvalue weighted by molar-refractivity contribution is 5.99. The van der Waals surface area contributed by atoms with Crippen molar-refractivity contribution >= 4 is 11.6 Å². The van der Waals surface area contributed by atoms with Gasteiger partial charge in [-0.3, -0.25) is 9.78 Å². The molecule has 4 heteroatoms. The third-order valence-electron chi connectivity index (χ3n) is 3.61. The average Bonchev–Trinajstić information content (AvgIpc) is 2.45. The summed E-state index contributed by atoms with van der Waals surface area (Å²) in [5.74, 6) is -0.0350. The van der Waals surface area contributed by atoms with Crippen LogP contribution >= 0.6 is 0 Å². The lowest BCUT2D eigenvalue weighted by atomic mass is 9.95. The Kier molecular flexibility index (Phi) is 5.80. The monoisotopic (exact) mass is 263 g/mol. The van der Waals surface area contributed by atoms with Crippen LogP contribution in [0.3, 0.4) is 0 Å². The Hall–Kier alpha value is -1.58. The van der Waals surface area contributed by atoms with Crippen LogP contribution in [-0.2, 0) is 0 Å². The van der Waals surface area contributed by atoms with E-state index in [0.29, 0.717) is 5.56 Å². The summed E-state index contributed by atoms with van der Waals surface area (Å²) in [5.41, 5.74) is 1.32. The normalized spacial score (nSPS) is 11.2. The van der Waals surface area contributed by atoms with Gasteiger partial charge in [0.25, 0.3) is 5.91 Å². The van der Waals surface area contributed by atoms with Crippen LogP contribution in [0, 0.1) is 0 Å². The largest absolute Gasteiger partial charge is 0.383 e. The van der Waals surface area contributed by atoms with E-state index in [1.807, 2.05) is 0 Å². The Morgan fingerprint density at radius 3 is 2.58 bits per heavy atom. The smallest absolute Gasteiger partial charge is 0.253 e. The molecular weight excluding hydrogens is 238 g/mol. The molecule has 0 atom stereocenters. The number of carbonyl (C=O) groups excluding carboxylic acids is 1. The summed E-state index contributed by atoms with van der Waals surface area (Å²) < 4.78 is 0. The molecular formula is C15H25N3O. The molecule has 1 aromatic heterocycles. The molecule has 1 rings (SSSR count). The van der Waals surface area contributed by atoms with Crippen molar-refractivity contribution in [2.24, 2.45) is 0 Å². The van der Waals surface area contributed by atoms with Crippen LogP contribution in [0.25, 0.3) is 0 Å². The molecule has 19 heavy (non-hydrogen) atoms. The lowest BCUT2D eigenvalue weighted by Gasteiger charge is -2.28. The first-order valence-electron chi connectivity index (χ1n) is 7.06. The molecule has 0 fully saturated rings. The van der Waals surface area contributed by atoms with Crippen molar-refractivity contribution in [3.8, 4) is 0 Å². The van der Waals surface area contributed by atoms with Crippen LogP contribution < -0.4 is 10.6 Å². The number of nitrogens with one attached hydrogen (secondary N) is 2. The second-order valence-corrected chi connectivity index (χ2v) is 5.07. The van der Waals surface area contributed by atoms with Crippen molar-refractivity contribution in [1.29, 1.82) is 0 Å². The van der Waals surface area contributed by atoms with Gasteiger partial charge in [0.1, 0.15) is 0 Å². The lowest BCUT2D eigenvalue weighted by molar-refractivity contribution is 0.0902. The van der Waals surface area contributed by atoms with Crippen LogP contribution in [0.5, 0.6) is 0 Å². The summed E-state index contributed by atoms with van der Waals surface area (Å²) in [4.78, 5) is 16.5. The van der Waals surface area contributed by atoms with Crippen molar-refractivity contribution in [3.05, 3.63) is 24.0 Å². The molecule has 0 saturated carbocycles. The number of hydrogen-bond acceptors (Lipinski definition) is 3. The fourth-order valence-corrected chi connectivity index (χ4v) is 1.76. The van der Waals surface area contributed by atoms with E-state index in [9.17, 15) is 4.79 Å². The number of rotatable bonds is 7. The summed E-state index contributed by atoms with van der Waals surface area (Å²) in [6.45, 7) is 9.18. The highest BCUT2D eigenvalue weighted by Gasteiger charge is 2.23. The highest BCUT2D eigenvalue weighted by Crippen LogP contribution is 2.18. The first-order valence-corrected chi connectivity index (χ1v) is 7.06. The fourth-order valence-electron chi connectivity index (χ4n) is 1.76. The minimum absolute atomic E-state index is 0.0350. The number of amides is 1. The maximum Gasteiger partial charge on any atom is 0.253 e. The standard InChI is InChI=1S/C15H25N3O/c1-5-9-17-13-11-16-10-8-12(13)14(19)18-15(4,6-2)7-3/h8,10-11,17H,5-7,9H2,1-4H3,(H,18,19). The van der Waals surface area contributed by atoms with Crippen molar-refractivity contribution in [3.63, 3.8) is 0 Å². The van der Waals surface area contributed by atoms with Gasteiger partial charge in [-0.05, 0) is 32.3 Å². The molecule has 0 aromatic carbocycles. The van der Waals surface area contributed by atoms with Gasteiger partial charge >= 0.3 is 0 Å². The minimum atomic E-state index is -0.150. The van der Waals surface area contributed by atoms with Crippen molar-refractivity contribution < 1.29 is 4.79 Å². The molecule has 0 radical (unpaired) electrons. The predicted molar refractivity (Wildman–Crippen MR) is 79.5 cm³/mol. The second kappa shape index (κ2) is 7.12. The maximum atomic E-state index is 12.4. The molecule has 0 spiro atoms. The molecule has 1 heterocycles. The van der Waals surface area contributed by atoms with Gasteiger partial charge in [0, 0.05) is 18.3 Å². The molecule has 0 aliphatic heterocycles. The van der Waals surface area contributed by atoms with Crippen LogP contribution in [0.4, 0.5) is 5.69 Å². The number of carbonyl (C=O) groups is 1. The van der Waals surface area contributed by atoms with E-state index in [2.05, 4.69) is 43.3 Å². The molecule has 2 N–H and O–H groups in total. The van der Waals surface area contributed by atoms with E-state index >= 15 is 0 Å². The SMILES string of the molecule is CCCNc1cnccc1C(=O)NC(C)(CC)CC. The van der Waals surface area contributed by atoms with Crippen molar-refractivity contribution in [1.82, 2.24) is 10.3 Å². The molecule has 106 valence electrons. The van der Waals surface area contributed by atoms with E-state index in [1.54, 1.807) is 18.5 Å². The maximum absolute atomic E-state index is 12.4. The second-order valence-electron chi connectivity index (χ2n) is 5.07. The lowest BCUT2D eigenvalue weighted by Crippen LogP contribution is -2.45. The summed E-state index contributed by atoms with van der Waals surface area (Å²) in [6.07, 6.45) is 6.20. The third kappa shape index (κ3) is 4.23. The van der Waals surface area contributed by atoms with Crippen LogP contribution in [0.15, 0.2) is 18.5 Å². The van der Waals surface area contributed by atoms with Gasteiger partial charge in [0.05, 0.1) is 17.4 Å². The molecule has 0 unspecified atom stereocenters. The molecule has 4 nitrogen and oxygen atoms in total. The molecule has 0 aliphatic rings. The van der Waals surface area contributed by atoms with Gasteiger partial charge in [-0.2, -0.15) is 0 Å². The topological polar surface area (TPSA) is 54.0 Å². The van der Waals surface area contributed by atoms with E-state index in [0.717, 1.165) is 31.5 Å². The average molecular weight is 263 g/mol. The summed E-state index contributed by atoms with van der Waals surface area (Å²) in [7, 11) is 0. The minimum Gasteiger partial charge on any atom is -0.383 e. The molecule has 1 amide bonds. The van der Waals surface area contributed by atoms with E-state index in [1.165, 1.54) is 0 Å². The van der Waals surface area contributed by atoms with Crippen molar-refractivity contribution in [2.45, 2.75) is 52.5 Å². The molecule has 0 aliphatic carbocycles. The van der Waals surface area contributed by atoms with Gasteiger partial charge in [-0.15, -0.1) is 0 Å². The van der Waals surface area contributed by atoms with Gasteiger partial charge in [0.15, 0.2) is 0 Å². The van der Waals surface area contributed by atoms with Crippen LogP contribution in [-0.4, -0.2) is 23.0 Å². The fraction of sp³-hybridized carbons (Fsp3) is 0.600. The van der Waals surface area contributed by atoms with Crippen LogP contribution in [0.2, 0.25) is 0 Å². The van der Waals surface area contributed by atoms with Gasteiger partial charge in [-0.1, -0.05) is 20.8 Å². The Balaban J connectivity index is 2.87. The molecule has 1 aromatic rings. The van der Waals surface area contributed by atoms with E-state index in [-0.39, 0.29) is 11.4 Å². The zero-order valence-corrected chi connectivity index (χ0v) is 12.4. The number of pyridine rings is 1. The van der Waals surface area contributed by atoms with Gasteiger partial charge in [-0.25, -0.2) is 0 Å². The zero-order chi connectivity index (χ0) is 14.3. The number of anilines is 1. The summed E-state index contributed by atoms with van der Waals surface area (Å²) in [6, 6.07) is 1.76. The Morgan fingerprint density at radius 2 is 2.00 bits per heavy atom. The Bertz CT molecular complexity index is 414. The predicted octanol–water partition coefficient (Wildman–Crippen LogP) is 3.21. The Morgan fingerprint density at radius 1 is 1.32 bits per heavy atom. The Labute approximate surface area is 116 Å². The third-order valence-corrected chi connectivity index (χ3v) is 3.61. The zero-order valence-electron chi connectivity index (χ0n) is 12.4. The number of hydrogen-bond donors (Lipinski definition) is 2. The highest BCUT2D eigenvalue weighted by atomic mass is 16.1. The van der Waals surface area contributed by atoms with Gasteiger partial charge < -0.3 is 10.6 Å². The number of nitrogens with zero attached hydrogens (tertiary/aromatic N) is 1.